The third-order valence-corrected chi connectivity index (χ3v) is 2.66. The molecule has 94 valence electrons. The quantitative estimate of drug-likeness (QED) is 0.895. The summed E-state index contributed by atoms with van der Waals surface area (Å²) < 4.78 is 0. The number of aromatic nitrogens is 3. The summed E-state index contributed by atoms with van der Waals surface area (Å²) in [4.78, 5) is 13.4. The average molecular weight is 242 g/mol. The summed E-state index contributed by atoms with van der Waals surface area (Å²) in [6.07, 6.45) is 2.54. The van der Waals surface area contributed by atoms with Crippen LogP contribution in [0.5, 0.6) is 0 Å². The van der Waals surface area contributed by atoms with Crippen LogP contribution >= 0.6 is 0 Å². The zero-order chi connectivity index (χ0) is 13.0. The van der Waals surface area contributed by atoms with Crippen LogP contribution in [0.2, 0.25) is 0 Å². The second-order valence-corrected chi connectivity index (χ2v) is 4.51. The molecule has 0 aliphatic carbocycles. The zero-order valence-electron chi connectivity index (χ0n) is 11.0. The van der Waals surface area contributed by atoms with E-state index in [9.17, 15) is 0 Å². The lowest BCUT2D eigenvalue weighted by Gasteiger charge is -2.09. The predicted octanol–water partition coefficient (Wildman–Crippen LogP) is 2.63. The maximum Gasteiger partial charge on any atom is 0.133 e. The lowest BCUT2D eigenvalue weighted by Crippen LogP contribution is -2.06. The van der Waals surface area contributed by atoms with Gasteiger partial charge in [0.1, 0.15) is 11.6 Å². The van der Waals surface area contributed by atoms with E-state index in [2.05, 4.69) is 34.1 Å². The summed E-state index contributed by atoms with van der Waals surface area (Å²) in [7, 11) is 1.87. The van der Waals surface area contributed by atoms with Crippen molar-refractivity contribution in [1.82, 2.24) is 15.0 Å². The van der Waals surface area contributed by atoms with Gasteiger partial charge in [-0.1, -0.05) is 19.9 Å². The Morgan fingerprint density at radius 2 is 2.00 bits per heavy atom. The van der Waals surface area contributed by atoms with Crippen LogP contribution in [0.25, 0.3) is 0 Å². The van der Waals surface area contributed by atoms with Crippen LogP contribution in [-0.2, 0) is 6.42 Å². The highest BCUT2D eigenvalue weighted by Crippen LogP contribution is 2.15. The molecule has 2 aromatic rings. The fourth-order valence-corrected chi connectivity index (χ4v) is 1.68. The van der Waals surface area contributed by atoms with E-state index in [1.165, 1.54) is 0 Å². The third-order valence-electron chi connectivity index (χ3n) is 2.66. The molecule has 0 spiro atoms. The molecule has 0 radical (unpaired) electrons. The lowest BCUT2D eigenvalue weighted by atomic mass is 10.1. The number of hydrogen-bond acceptors (Lipinski definition) is 4. The van der Waals surface area contributed by atoms with Gasteiger partial charge < -0.3 is 5.32 Å². The van der Waals surface area contributed by atoms with Crippen LogP contribution in [-0.4, -0.2) is 22.0 Å². The Bertz CT molecular complexity index is 508. The number of rotatable bonds is 4. The van der Waals surface area contributed by atoms with E-state index in [-0.39, 0.29) is 0 Å². The smallest absolute Gasteiger partial charge is 0.133 e. The summed E-state index contributed by atoms with van der Waals surface area (Å²) >= 11 is 0. The number of hydrogen-bond donors (Lipinski definition) is 1. The van der Waals surface area contributed by atoms with Crippen molar-refractivity contribution in [3.63, 3.8) is 0 Å². The summed E-state index contributed by atoms with van der Waals surface area (Å²) in [6.45, 7) is 4.19. The molecule has 0 aliphatic heterocycles. The first-order valence-electron chi connectivity index (χ1n) is 6.14. The number of anilines is 1. The highest BCUT2D eigenvalue weighted by atomic mass is 15.0. The largest absolute Gasteiger partial charge is 0.373 e. The second kappa shape index (κ2) is 5.58. The molecule has 18 heavy (non-hydrogen) atoms. The Kier molecular flexibility index (Phi) is 3.87. The van der Waals surface area contributed by atoms with Crippen molar-refractivity contribution in [3.05, 3.63) is 47.7 Å². The summed E-state index contributed by atoms with van der Waals surface area (Å²) in [5.41, 5.74) is 2.02. The van der Waals surface area contributed by atoms with Crippen LogP contribution in [0.3, 0.4) is 0 Å². The Labute approximate surface area is 108 Å². The Balaban J connectivity index is 2.30. The molecule has 0 aliphatic rings. The van der Waals surface area contributed by atoms with Crippen molar-refractivity contribution < 1.29 is 0 Å². The molecule has 0 fully saturated rings. The van der Waals surface area contributed by atoms with Gasteiger partial charge in [-0.05, 0) is 12.1 Å². The van der Waals surface area contributed by atoms with Crippen molar-refractivity contribution in [1.29, 1.82) is 0 Å². The Morgan fingerprint density at radius 3 is 2.61 bits per heavy atom. The first-order chi connectivity index (χ1) is 8.69. The SMILES string of the molecule is CNc1cc(Cc2ccccn2)nc(C(C)C)n1. The normalized spacial score (nSPS) is 10.7. The van der Waals surface area contributed by atoms with Gasteiger partial charge in [-0.15, -0.1) is 0 Å². The van der Waals surface area contributed by atoms with E-state index >= 15 is 0 Å². The first kappa shape index (κ1) is 12.5. The van der Waals surface area contributed by atoms with Crippen molar-refractivity contribution in [2.45, 2.75) is 26.2 Å². The predicted molar refractivity (Wildman–Crippen MR) is 72.7 cm³/mol. The summed E-state index contributed by atoms with van der Waals surface area (Å²) in [6, 6.07) is 7.89. The van der Waals surface area contributed by atoms with Gasteiger partial charge in [-0.3, -0.25) is 4.98 Å². The number of nitrogens with zero attached hydrogens (tertiary/aromatic N) is 3. The Hall–Kier alpha value is -1.97. The Morgan fingerprint density at radius 1 is 1.17 bits per heavy atom. The molecule has 2 aromatic heterocycles. The molecule has 0 unspecified atom stereocenters. The van der Waals surface area contributed by atoms with E-state index in [0.717, 1.165) is 29.5 Å². The van der Waals surface area contributed by atoms with Crippen molar-refractivity contribution in [3.8, 4) is 0 Å². The van der Waals surface area contributed by atoms with Gasteiger partial charge in [0, 0.05) is 37.3 Å². The molecule has 2 heterocycles. The van der Waals surface area contributed by atoms with Crippen LogP contribution in [0, 0.1) is 0 Å². The fraction of sp³-hybridized carbons (Fsp3) is 0.357. The van der Waals surface area contributed by atoms with Gasteiger partial charge in [0.05, 0.1) is 5.69 Å². The van der Waals surface area contributed by atoms with Crippen molar-refractivity contribution in [2.75, 3.05) is 12.4 Å². The van der Waals surface area contributed by atoms with E-state index in [1.807, 2.05) is 31.3 Å². The van der Waals surface area contributed by atoms with Crippen LogP contribution in [0.15, 0.2) is 30.5 Å². The third kappa shape index (κ3) is 3.03. The molecule has 0 aromatic carbocycles. The minimum Gasteiger partial charge on any atom is -0.373 e. The summed E-state index contributed by atoms with van der Waals surface area (Å²) in [5.74, 6) is 2.05. The minimum atomic E-state index is 0.320. The maximum absolute atomic E-state index is 4.59. The minimum absolute atomic E-state index is 0.320. The molecule has 0 saturated heterocycles. The second-order valence-electron chi connectivity index (χ2n) is 4.51. The first-order valence-corrected chi connectivity index (χ1v) is 6.14. The molecule has 0 amide bonds. The molecule has 0 saturated carbocycles. The number of nitrogens with one attached hydrogen (secondary N) is 1. The molecular weight excluding hydrogens is 224 g/mol. The standard InChI is InChI=1S/C14H18N4/c1-10(2)14-17-12(9-13(15-3)18-14)8-11-6-4-5-7-16-11/h4-7,9-10H,8H2,1-3H3,(H,15,17,18). The molecule has 2 rings (SSSR count). The topological polar surface area (TPSA) is 50.7 Å². The lowest BCUT2D eigenvalue weighted by molar-refractivity contribution is 0.761. The maximum atomic E-state index is 4.59. The number of pyridine rings is 1. The van der Waals surface area contributed by atoms with Gasteiger partial charge in [-0.25, -0.2) is 9.97 Å². The highest BCUT2D eigenvalue weighted by Gasteiger charge is 2.08. The van der Waals surface area contributed by atoms with Gasteiger partial charge in [0.25, 0.3) is 0 Å². The van der Waals surface area contributed by atoms with E-state index in [0.29, 0.717) is 5.92 Å². The average Bonchev–Trinajstić information content (AvgIpc) is 2.39. The molecule has 4 heteroatoms. The molecule has 4 nitrogen and oxygen atoms in total. The fourth-order valence-electron chi connectivity index (χ4n) is 1.68. The van der Waals surface area contributed by atoms with Crippen molar-refractivity contribution in [2.24, 2.45) is 0 Å². The van der Waals surface area contributed by atoms with Crippen LogP contribution < -0.4 is 5.32 Å². The van der Waals surface area contributed by atoms with Gasteiger partial charge >= 0.3 is 0 Å². The molecule has 0 bridgehead atoms. The van der Waals surface area contributed by atoms with Crippen LogP contribution in [0.1, 0.15) is 37.0 Å². The zero-order valence-corrected chi connectivity index (χ0v) is 11.0. The van der Waals surface area contributed by atoms with Gasteiger partial charge in [0.2, 0.25) is 0 Å². The molecule has 0 atom stereocenters. The van der Waals surface area contributed by atoms with E-state index < -0.39 is 0 Å². The van der Waals surface area contributed by atoms with Gasteiger partial charge in [0.15, 0.2) is 0 Å². The molecular formula is C14H18N4. The monoisotopic (exact) mass is 242 g/mol. The highest BCUT2D eigenvalue weighted by molar-refractivity contribution is 5.36. The van der Waals surface area contributed by atoms with E-state index in [1.54, 1.807) is 6.20 Å². The van der Waals surface area contributed by atoms with E-state index in [4.69, 9.17) is 0 Å². The summed E-state index contributed by atoms with van der Waals surface area (Å²) in [5, 5.41) is 3.08. The van der Waals surface area contributed by atoms with Crippen molar-refractivity contribution >= 4 is 5.82 Å². The molecule has 1 N–H and O–H groups in total. The van der Waals surface area contributed by atoms with Crippen LogP contribution in [0.4, 0.5) is 5.82 Å². The van der Waals surface area contributed by atoms with Gasteiger partial charge in [-0.2, -0.15) is 0 Å².